The average molecular weight is 257 g/mol. The summed E-state index contributed by atoms with van der Waals surface area (Å²) in [6.07, 6.45) is 1.73. The lowest BCUT2D eigenvalue weighted by molar-refractivity contribution is 0.259. The first-order chi connectivity index (χ1) is 9.30. The van der Waals surface area contributed by atoms with Gasteiger partial charge in [0.2, 0.25) is 0 Å². The van der Waals surface area contributed by atoms with Crippen molar-refractivity contribution < 1.29 is 10.2 Å². The summed E-state index contributed by atoms with van der Waals surface area (Å²) >= 11 is 0. The molecule has 0 spiro atoms. The number of rotatable bonds is 3. The second-order valence-electron chi connectivity index (χ2n) is 5.05. The Morgan fingerprint density at radius 3 is 2.37 bits per heavy atom. The summed E-state index contributed by atoms with van der Waals surface area (Å²) in [5, 5.41) is 19.2. The van der Waals surface area contributed by atoms with E-state index < -0.39 is 0 Å². The fourth-order valence-corrected chi connectivity index (χ4v) is 3.24. The van der Waals surface area contributed by atoms with Crippen LogP contribution >= 0.6 is 0 Å². The molecule has 3 heteroatoms. The van der Waals surface area contributed by atoms with Gasteiger partial charge < -0.3 is 14.8 Å². The van der Waals surface area contributed by atoms with E-state index in [4.69, 9.17) is 0 Å². The van der Waals surface area contributed by atoms with Gasteiger partial charge in [0.1, 0.15) is 0 Å². The summed E-state index contributed by atoms with van der Waals surface area (Å²) in [5.41, 5.74) is 6.85. The average Bonchev–Trinajstić information content (AvgIpc) is 2.76. The molecule has 1 aliphatic rings. The zero-order valence-electron chi connectivity index (χ0n) is 11.2. The number of hydrogen-bond acceptors (Lipinski definition) is 2. The summed E-state index contributed by atoms with van der Waals surface area (Å²) in [6.45, 7) is 2.97. The van der Waals surface area contributed by atoms with Crippen molar-refractivity contribution in [3.8, 4) is 0 Å². The highest BCUT2D eigenvalue weighted by Crippen LogP contribution is 2.32. The molecular formula is C16H19NO2. The lowest BCUT2D eigenvalue weighted by Crippen LogP contribution is -2.16. The molecule has 2 aromatic rings. The van der Waals surface area contributed by atoms with E-state index in [9.17, 15) is 10.2 Å². The molecule has 0 saturated heterocycles. The highest BCUT2D eigenvalue weighted by molar-refractivity contribution is 5.45. The molecule has 2 N–H and O–H groups in total. The Balaban J connectivity index is 2.18. The predicted molar refractivity (Wildman–Crippen MR) is 74.0 cm³/mol. The van der Waals surface area contributed by atoms with Crippen molar-refractivity contribution in [3.63, 3.8) is 0 Å². The smallest absolute Gasteiger partial charge is 0.0703 e. The van der Waals surface area contributed by atoms with Crippen LogP contribution in [-0.2, 0) is 32.6 Å². The summed E-state index contributed by atoms with van der Waals surface area (Å²) in [6, 6.07) is 8.44. The molecule has 3 rings (SSSR count). The third kappa shape index (κ3) is 1.81. The summed E-state index contributed by atoms with van der Waals surface area (Å²) in [7, 11) is 0. The van der Waals surface area contributed by atoms with Crippen LogP contribution in [0.4, 0.5) is 0 Å². The maximum atomic E-state index is 9.64. The van der Waals surface area contributed by atoms with Gasteiger partial charge >= 0.3 is 0 Å². The van der Waals surface area contributed by atoms with Gasteiger partial charge in [0, 0.05) is 35.5 Å². The Bertz CT molecular complexity index is 563. The van der Waals surface area contributed by atoms with Crippen LogP contribution in [0.15, 0.2) is 24.3 Å². The highest BCUT2D eigenvalue weighted by Gasteiger charge is 2.24. The van der Waals surface area contributed by atoms with Gasteiger partial charge in [-0.3, -0.25) is 0 Å². The fraction of sp³-hybridized carbons (Fsp3) is 0.375. The normalized spacial score (nSPS) is 13.2. The number of nitrogens with zero attached hydrogens (tertiary/aromatic N) is 1. The molecule has 0 amide bonds. The number of benzene rings is 1. The van der Waals surface area contributed by atoms with E-state index in [-0.39, 0.29) is 13.2 Å². The highest BCUT2D eigenvalue weighted by atomic mass is 16.3. The molecule has 0 bridgehead atoms. The van der Waals surface area contributed by atoms with Crippen molar-refractivity contribution in [3.05, 3.63) is 57.9 Å². The molecule has 3 nitrogen and oxygen atoms in total. The largest absolute Gasteiger partial charge is 0.392 e. The molecular weight excluding hydrogens is 238 g/mol. The lowest BCUT2D eigenvalue weighted by Gasteiger charge is -2.22. The number of aliphatic hydroxyl groups is 2. The van der Waals surface area contributed by atoms with Crippen molar-refractivity contribution in [2.45, 2.75) is 39.5 Å². The first-order valence-electron chi connectivity index (χ1n) is 6.80. The first kappa shape index (κ1) is 12.5. The molecule has 1 aromatic carbocycles. The van der Waals surface area contributed by atoms with Crippen molar-refractivity contribution in [2.75, 3.05) is 0 Å². The van der Waals surface area contributed by atoms with E-state index >= 15 is 0 Å². The SMILES string of the molecule is CCc1c(CO)c(CO)c2n1Cc1ccccc1C2. The van der Waals surface area contributed by atoms with E-state index in [2.05, 4.69) is 35.8 Å². The summed E-state index contributed by atoms with van der Waals surface area (Å²) in [4.78, 5) is 0. The van der Waals surface area contributed by atoms with Crippen LogP contribution < -0.4 is 0 Å². The maximum Gasteiger partial charge on any atom is 0.0703 e. The van der Waals surface area contributed by atoms with E-state index in [1.54, 1.807) is 0 Å². The zero-order chi connectivity index (χ0) is 13.4. The molecule has 0 fully saturated rings. The maximum absolute atomic E-state index is 9.64. The van der Waals surface area contributed by atoms with Gasteiger partial charge in [-0.05, 0) is 17.5 Å². The Morgan fingerprint density at radius 2 is 1.74 bits per heavy atom. The number of aliphatic hydroxyl groups excluding tert-OH is 2. The van der Waals surface area contributed by atoms with E-state index in [1.807, 2.05) is 0 Å². The minimum Gasteiger partial charge on any atom is -0.392 e. The molecule has 0 radical (unpaired) electrons. The number of aromatic nitrogens is 1. The molecule has 0 atom stereocenters. The third-order valence-corrected chi connectivity index (χ3v) is 4.17. The monoisotopic (exact) mass is 257 g/mol. The second-order valence-corrected chi connectivity index (χ2v) is 5.05. The van der Waals surface area contributed by atoms with Crippen molar-refractivity contribution in [1.82, 2.24) is 4.57 Å². The fourth-order valence-electron chi connectivity index (χ4n) is 3.24. The van der Waals surface area contributed by atoms with Crippen molar-refractivity contribution in [1.29, 1.82) is 0 Å². The van der Waals surface area contributed by atoms with Crippen LogP contribution in [0, 0.1) is 0 Å². The Hall–Kier alpha value is -1.58. The van der Waals surface area contributed by atoms with E-state index in [1.165, 1.54) is 16.8 Å². The standard InChI is InChI=1S/C16H19NO2/c1-2-15-13(9-18)14(10-19)16-7-11-5-3-4-6-12(11)8-17(15)16/h3-6,18-19H,2,7-10H2,1H3. The van der Waals surface area contributed by atoms with Crippen LogP contribution in [0.1, 0.15) is 40.6 Å². The van der Waals surface area contributed by atoms with Crippen LogP contribution in [-0.4, -0.2) is 14.8 Å². The molecule has 2 heterocycles. The quantitative estimate of drug-likeness (QED) is 0.753. The van der Waals surface area contributed by atoms with Crippen molar-refractivity contribution in [2.24, 2.45) is 0 Å². The zero-order valence-corrected chi connectivity index (χ0v) is 11.2. The van der Waals surface area contributed by atoms with Gasteiger partial charge in [0.15, 0.2) is 0 Å². The minimum atomic E-state index is 0.00733. The van der Waals surface area contributed by atoms with Crippen molar-refractivity contribution >= 4 is 0 Å². The minimum absolute atomic E-state index is 0.00733. The molecule has 0 saturated carbocycles. The van der Waals surface area contributed by atoms with Gasteiger partial charge in [-0.25, -0.2) is 0 Å². The summed E-state index contributed by atoms with van der Waals surface area (Å²) in [5.74, 6) is 0. The predicted octanol–water partition coefficient (Wildman–Crippen LogP) is 1.99. The van der Waals surface area contributed by atoms with Gasteiger partial charge in [0.25, 0.3) is 0 Å². The lowest BCUT2D eigenvalue weighted by atomic mass is 9.97. The second kappa shape index (κ2) is 4.83. The molecule has 1 aliphatic heterocycles. The Kier molecular flexibility index (Phi) is 3.17. The topological polar surface area (TPSA) is 45.4 Å². The third-order valence-electron chi connectivity index (χ3n) is 4.17. The van der Waals surface area contributed by atoms with Crippen LogP contribution in [0.5, 0.6) is 0 Å². The Morgan fingerprint density at radius 1 is 1.05 bits per heavy atom. The van der Waals surface area contributed by atoms with Crippen LogP contribution in [0.2, 0.25) is 0 Å². The first-order valence-corrected chi connectivity index (χ1v) is 6.80. The molecule has 1 aromatic heterocycles. The van der Waals surface area contributed by atoms with Crippen LogP contribution in [0.3, 0.4) is 0 Å². The van der Waals surface area contributed by atoms with Gasteiger partial charge in [-0.1, -0.05) is 31.2 Å². The summed E-state index contributed by atoms with van der Waals surface area (Å²) < 4.78 is 2.28. The molecule has 0 unspecified atom stereocenters. The molecule has 0 aliphatic carbocycles. The van der Waals surface area contributed by atoms with Gasteiger partial charge in [-0.2, -0.15) is 0 Å². The van der Waals surface area contributed by atoms with E-state index in [0.717, 1.165) is 36.2 Å². The van der Waals surface area contributed by atoms with E-state index in [0.29, 0.717) is 0 Å². The number of fused-ring (bicyclic) bond motifs is 2. The molecule has 100 valence electrons. The van der Waals surface area contributed by atoms with Crippen LogP contribution in [0.25, 0.3) is 0 Å². The molecule has 19 heavy (non-hydrogen) atoms. The van der Waals surface area contributed by atoms with Gasteiger partial charge in [-0.15, -0.1) is 0 Å². The van der Waals surface area contributed by atoms with Gasteiger partial charge in [0.05, 0.1) is 13.2 Å². The Labute approximate surface area is 113 Å². The number of hydrogen-bond donors (Lipinski definition) is 2.